The van der Waals surface area contributed by atoms with Crippen LogP contribution in [0.4, 0.5) is 0 Å². The molecule has 0 bridgehead atoms. The number of hydrogen-bond donors (Lipinski definition) is 1. The summed E-state index contributed by atoms with van der Waals surface area (Å²) in [5, 5.41) is 0. The van der Waals surface area contributed by atoms with Crippen molar-refractivity contribution in [2.75, 3.05) is 26.7 Å². The van der Waals surface area contributed by atoms with E-state index in [-0.39, 0.29) is 0 Å². The lowest BCUT2D eigenvalue weighted by Crippen LogP contribution is -2.28. The van der Waals surface area contributed by atoms with Gasteiger partial charge in [-0.1, -0.05) is 19.1 Å². The third kappa shape index (κ3) is 2.45. The van der Waals surface area contributed by atoms with Gasteiger partial charge in [0, 0.05) is 6.04 Å². The standard InChI is InChI=1S/C14H22N2O/c1-3-16-8-7-12(10-15)14(16)11-5-4-6-13(9-11)17-2/h4-6,9,12,14H,3,7-8,10,15H2,1-2H3. The lowest BCUT2D eigenvalue weighted by atomic mass is 9.93. The monoisotopic (exact) mass is 234 g/mol. The minimum atomic E-state index is 0.458. The van der Waals surface area contributed by atoms with Gasteiger partial charge in [0.15, 0.2) is 0 Å². The molecule has 0 aliphatic carbocycles. The molecule has 3 heteroatoms. The zero-order chi connectivity index (χ0) is 12.3. The van der Waals surface area contributed by atoms with Gasteiger partial charge in [-0.2, -0.15) is 0 Å². The minimum Gasteiger partial charge on any atom is -0.497 e. The van der Waals surface area contributed by atoms with Gasteiger partial charge in [0.2, 0.25) is 0 Å². The average molecular weight is 234 g/mol. The third-order valence-electron chi connectivity index (χ3n) is 3.77. The van der Waals surface area contributed by atoms with Crippen molar-refractivity contribution in [3.63, 3.8) is 0 Å². The van der Waals surface area contributed by atoms with Gasteiger partial charge in [-0.05, 0) is 49.7 Å². The molecule has 0 spiro atoms. The van der Waals surface area contributed by atoms with Gasteiger partial charge in [0.05, 0.1) is 7.11 Å². The Morgan fingerprint density at radius 1 is 1.47 bits per heavy atom. The average Bonchev–Trinajstić information content (AvgIpc) is 2.81. The smallest absolute Gasteiger partial charge is 0.119 e. The first-order valence-corrected chi connectivity index (χ1v) is 6.38. The lowest BCUT2D eigenvalue weighted by Gasteiger charge is -2.27. The number of hydrogen-bond acceptors (Lipinski definition) is 3. The number of rotatable bonds is 4. The first-order chi connectivity index (χ1) is 8.30. The summed E-state index contributed by atoms with van der Waals surface area (Å²) in [4.78, 5) is 2.51. The topological polar surface area (TPSA) is 38.5 Å². The van der Waals surface area contributed by atoms with Crippen molar-refractivity contribution in [1.82, 2.24) is 4.90 Å². The van der Waals surface area contributed by atoms with Crippen LogP contribution >= 0.6 is 0 Å². The first-order valence-electron chi connectivity index (χ1n) is 6.38. The molecular formula is C14H22N2O. The fourth-order valence-corrected chi connectivity index (χ4v) is 2.84. The van der Waals surface area contributed by atoms with Gasteiger partial charge in [-0.25, -0.2) is 0 Å². The summed E-state index contributed by atoms with van der Waals surface area (Å²) in [5.74, 6) is 1.50. The van der Waals surface area contributed by atoms with Crippen molar-refractivity contribution < 1.29 is 4.74 Å². The zero-order valence-corrected chi connectivity index (χ0v) is 10.7. The van der Waals surface area contributed by atoms with Crippen LogP contribution in [0.2, 0.25) is 0 Å². The highest BCUT2D eigenvalue weighted by Crippen LogP contribution is 2.37. The van der Waals surface area contributed by atoms with Crippen LogP contribution in [0.1, 0.15) is 24.9 Å². The largest absolute Gasteiger partial charge is 0.497 e. The molecule has 1 aliphatic rings. The van der Waals surface area contributed by atoms with E-state index in [1.807, 2.05) is 6.07 Å². The zero-order valence-electron chi connectivity index (χ0n) is 10.7. The summed E-state index contributed by atoms with van der Waals surface area (Å²) in [7, 11) is 1.71. The number of ether oxygens (including phenoxy) is 1. The molecule has 0 aromatic heterocycles. The van der Waals surface area contributed by atoms with Crippen LogP contribution in [0.5, 0.6) is 5.75 Å². The lowest BCUT2D eigenvalue weighted by molar-refractivity contribution is 0.241. The highest BCUT2D eigenvalue weighted by atomic mass is 16.5. The van der Waals surface area contributed by atoms with Gasteiger partial charge in [0.25, 0.3) is 0 Å². The fourth-order valence-electron chi connectivity index (χ4n) is 2.84. The normalized spacial score (nSPS) is 25.1. The number of likely N-dealkylation sites (tertiary alicyclic amines) is 1. The van der Waals surface area contributed by atoms with Crippen molar-refractivity contribution in [1.29, 1.82) is 0 Å². The Morgan fingerprint density at radius 3 is 2.94 bits per heavy atom. The molecule has 0 radical (unpaired) electrons. The number of methoxy groups -OCH3 is 1. The van der Waals surface area contributed by atoms with Crippen LogP contribution in [0.25, 0.3) is 0 Å². The number of nitrogens with two attached hydrogens (primary N) is 1. The Morgan fingerprint density at radius 2 is 2.29 bits per heavy atom. The van der Waals surface area contributed by atoms with Crippen molar-refractivity contribution in [2.24, 2.45) is 11.7 Å². The summed E-state index contributed by atoms with van der Waals surface area (Å²) in [6.07, 6.45) is 1.20. The van der Waals surface area contributed by atoms with E-state index in [1.54, 1.807) is 7.11 Å². The molecule has 0 saturated carbocycles. The van der Waals surface area contributed by atoms with Crippen LogP contribution in [0, 0.1) is 5.92 Å². The molecule has 1 heterocycles. The van der Waals surface area contributed by atoms with Crippen molar-refractivity contribution in [3.8, 4) is 5.75 Å². The van der Waals surface area contributed by atoms with E-state index in [0.29, 0.717) is 12.0 Å². The van der Waals surface area contributed by atoms with Crippen LogP contribution < -0.4 is 10.5 Å². The van der Waals surface area contributed by atoms with Gasteiger partial charge < -0.3 is 10.5 Å². The van der Waals surface area contributed by atoms with E-state index in [9.17, 15) is 0 Å². The molecule has 1 aromatic carbocycles. The highest BCUT2D eigenvalue weighted by Gasteiger charge is 2.33. The molecule has 1 saturated heterocycles. The van der Waals surface area contributed by atoms with E-state index in [4.69, 9.17) is 10.5 Å². The summed E-state index contributed by atoms with van der Waals surface area (Å²) in [5.41, 5.74) is 7.22. The van der Waals surface area contributed by atoms with E-state index in [2.05, 4.69) is 30.0 Å². The van der Waals surface area contributed by atoms with Gasteiger partial charge >= 0.3 is 0 Å². The predicted molar refractivity (Wildman–Crippen MR) is 70.1 cm³/mol. The molecule has 94 valence electrons. The molecule has 2 unspecified atom stereocenters. The molecular weight excluding hydrogens is 212 g/mol. The molecule has 3 nitrogen and oxygen atoms in total. The van der Waals surface area contributed by atoms with Gasteiger partial charge in [0.1, 0.15) is 5.75 Å². The number of benzene rings is 1. The second kappa shape index (κ2) is 5.52. The summed E-state index contributed by atoms with van der Waals surface area (Å²) in [6.45, 7) is 5.21. The third-order valence-corrected chi connectivity index (χ3v) is 3.77. The second-order valence-corrected chi connectivity index (χ2v) is 4.63. The van der Waals surface area contributed by atoms with E-state index in [0.717, 1.165) is 25.4 Å². The van der Waals surface area contributed by atoms with Crippen LogP contribution in [-0.2, 0) is 0 Å². The Labute approximate surface area is 104 Å². The Bertz CT molecular complexity index is 355. The van der Waals surface area contributed by atoms with E-state index in [1.165, 1.54) is 12.0 Å². The molecule has 1 aromatic rings. The molecule has 2 rings (SSSR count). The summed E-state index contributed by atoms with van der Waals surface area (Å²) < 4.78 is 5.30. The molecule has 17 heavy (non-hydrogen) atoms. The maximum atomic E-state index is 5.89. The molecule has 2 atom stereocenters. The maximum absolute atomic E-state index is 5.89. The van der Waals surface area contributed by atoms with Crippen molar-refractivity contribution in [3.05, 3.63) is 29.8 Å². The van der Waals surface area contributed by atoms with E-state index < -0.39 is 0 Å². The first kappa shape index (κ1) is 12.4. The quantitative estimate of drug-likeness (QED) is 0.866. The summed E-state index contributed by atoms with van der Waals surface area (Å²) in [6, 6.07) is 8.84. The highest BCUT2D eigenvalue weighted by molar-refractivity contribution is 5.31. The van der Waals surface area contributed by atoms with Gasteiger partial charge in [-0.15, -0.1) is 0 Å². The molecule has 1 aliphatic heterocycles. The van der Waals surface area contributed by atoms with Crippen LogP contribution in [0.3, 0.4) is 0 Å². The maximum Gasteiger partial charge on any atom is 0.119 e. The van der Waals surface area contributed by atoms with Crippen molar-refractivity contribution >= 4 is 0 Å². The predicted octanol–water partition coefficient (Wildman–Crippen LogP) is 2.04. The minimum absolute atomic E-state index is 0.458. The van der Waals surface area contributed by atoms with Crippen LogP contribution in [-0.4, -0.2) is 31.6 Å². The molecule has 1 fully saturated rings. The Kier molecular flexibility index (Phi) is 4.02. The second-order valence-electron chi connectivity index (χ2n) is 4.63. The Hall–Kier alpha value is -1.06. The SMILES string of the molecule is CCN1CCC(CN)C1c1cccc(OC)c1. The van der Waals surface area contributed by atoms with E-state index >= 15 is 0 Å². The van der Waals surface area contributed by atoms with Crippen LogP contribution in [0.15, 0.2) is 24.3 Å². The Balaban J connectivity index is 2.27. The number of nitrogens with zero attached hydrogens (tertiary/aromatic N) is 1. The fraction of sp³-hybridized carbons (Fsp3) is 0.571. The summed E-state index contributed by atoms with van der Waals surface area (Å²) >= 11 is 0. The van der Waals surface area contributed by atoms with Crippen molar-refractivity contribution in [2.45, 2.75) is 19.4 Å². The van der Waals surface area contributed by atoms with Gasteiger partial charge in [-0.3, -0.25) is 4.90 Å². The molecule has 2 N–H and O–H groups in total. The molecule has 0 amide bonds.